The Kier molecular flexibility index (Phi) is 5.77. The van der Waals surface area contributed by atoms with Gasteiger partial charge in [-0.3, -0.25) is 9.59 Å². The Balaban J connectivity index is 1.83. The molecule has 0 aliphatic heterocycles. The lowest BCUT2D eigenvalue weighted by Crippen LogP contribution is -2.13. The zero-order chi connectivity index (χ0) is 15.9. The molecule has 1 heterocycles. The van der Waals surface area contributed by atoms with E-state index in [1.165, 1.54) is 16.9 Å². The predicted molar refractivity (Wildman–Crippen MR) is 87.3 cm³/mol. The fraction of sp³-hybridized carbons (Fsp3) is 0.375. The van der Waals surface area contributed by atoms with Gasteiger partial charge in [-0.25, -0.2) is 0 Å². The Morgan fingerprint density at radius 1 is 1.05 bits per heavy atom. The minimum atomic E-state index is -0.211. The molecular weight excluding hydrogens is 298 g/mol. The lowest BCUT2D eigenvalue weighted by atomic mass is 10.0. The van der Waals surface area contributed by atoms with E-state index >= 15 is 0 Å². The van der Waals surface area contributed by atoms with Crippen LogP contribution in [0.5, 0.6) is 0 Å². The van der Waals surface area contributed by atoms with E-state index in [0.717, 1.165) is 17.8 Å². The summed E-state index contributed by atoms with van der Waals surface area (Å²) < 4.78 is 0. The summed E-state index contributed by atoms with van der Waals surface area (Å²) in [6.45, 7) is 4.05. The number of nitrogens with one attached hydrogen (secondary N) is 1. The number of amides is 1. The molecule has 2 rings (SSSR count). The molecule has 0 atom stereocenters. The molecule has 1 aromatic carbocycles. The van der Waals surface area contributed by atoms with E-state index in [4.69, 9.17) is 0 Å². The quantitative estimate of drug-likeness (QED) is 0.796. The average molecular weight is 317 g/mol. The van der Waals surface area contributed by atoms with E-state index in [-0.39, 0.29) is 24.5 Å². The number of ketones is 1. The van der Waals surface area contributed by atoms with Gasteiger partial charge in [0, 0.05) is 18.4 Å². The van der Waals surface area contributed by atoms with Crippen LogP contribution < -0.4 is 5.32 Å². The normalized spacial score (nSPS) is 10.5. The van der Waals surface area contributed by atoms with Gasteiger partial charge in [-0.05, 0) is 18.4 Å². The van der Waals surface area contributed by atoms with Gasteiger partial charge in [0.1, 0.15) is 5.01 Å². The molecule has 1 amide bonds. The number of carbonyl (C=O) groups is 2. The van der Waals surface area contributed by atoms with Crippen LogP contribution in [0.25, 0.3) is 0 Å². The summed E-state index contributed by atoms with van der Waals surface area (Å²) in [5.74, 6) is -0.235. The van der Waals surface area contributed by atoms with Crippen LogP contribution in [0.15, 0.2) is 24.3 Å². The fourth-order valence-corrected chi connectivity index (χ4v) is 2.62. The van der Waals surface area contributed by atoms with Crippen molar-refractivity contribution >= 4 is 28.2 Å². The third kappa shape index (κ3) is 4.46. The van der Waals surface area contributed by atoms with Crippen LogP contribution in [0.1, 0.15) is 47.6 Å². The monoisotopic (exact) mass is 317 g/mol. The molecule has 1 N–H and O–H groups in total. The number of carbonyl (C=O) groups excluding carboxylic acids is 2. The van der Waals surface area contributed by atoms with Crippen molar-refractivity contribution in [2.75, 3.05) is 5.32 Å². The highest BCUT2D eigenvalue weighted by Gasteiger charge is 2.11. The Bertz CT molecular complexity index is 650. The Labute approximate surface area is 133 Å². The van der Waals surface area contributed by atoms with E-state index in [9.17, 15) is 9.59 Å². The van der Waals surface area contributed by atoms with Gasteiger partial charge in [0.15, 0.2) is 5.78 Å². The van der Waals surface area contributed by atoms with Crippen molar-refractivity contribution in [3.8, 4) is 0 Å². The van der Waals surface area contributed by atoms with Crippen molar-refractivity contribution in [3.05, 3.63) is 40.4 Å². The first-order valence-corrected chi connectivity index (χ1v) is 8.18. The highest BCUT2D eigenvalue weighted by Crippen LogP contribution is 2.16. The minimum absolute atomic E-state index is 0.0238. The van der Waals surface area contributed by atoms with Crippen molar-refractivity contribution in [1.29, 1.82) is 0 Å². The third-order valence-electron chi connectivity index (χ3n) is 3.28. The van der Waals surface area contributed by atoms with E-state index < -0.39 is 0 Å². The van der Waals surface area contributed by atoms with Crippen LogP contribution in [0, 0.1) is 0 Å². The van der Waals surface area contributed by atoms with E-state index in [1.54, 1.807) is 0 Å². The zero-order valence-electron chi connectivity index (χ0n) is 12.8. The number of hydrogen-bond acceptors (Lipinski definition) is 5. The third-order valence-corrected chi connectivity index (χ3v) is 4.26. The molecular formula is C16H19N3O2S. The summed E-state index contributed by atoms with van der Waals surface area (Å²) in [6, 6.07) is 7.52. The van der Waals surface area contributed by atoms with Crippen LogP contribution in [0.4, 0.5) is 5.13 Å². The Morgan fingerprint density at radius 3 is 2.36 bits per heavy atom. The summed E-state index contributed by atoms with van der Waals surface area (Å²) in [5, 5.41) is 11.9. The SMILES string of the molecule is CCc1ccc(C(=O)CCC(=O)Nc2nnc(CC)s2)cc1. The van der Waals surface area contributed by atoms with Crippen LogP contribution in [-0.4, -0.2) is 21.9 Å². The first-order valence-electron chi connectivity index (χ1n) is 7.36. The highest BCUT2D eigenvalue weighted by molar-refractivity contribution is 7.15. The molecule has 0 aliphatic rings. The number of aromatic nitrogens is 2. The summed E-state index contributed by atoms with van der Waals surface area (Å²) in [4.78, 5) is 23.9. The zero-order valence-corrected chi connectivity index (χ0v) is 13.6. The molecule has 6 heteroatoms. The minimum Gasteiger partial charge on any atom is -0.301 e. The molecule has 5 nitrogen and oxygen atoms in total. The average Bonchev–Trinajstić information content (AvgIpc) is 3.00. The number of Topliss-reactive ketones (excluding diaryl/α,β-unsaturated/α-hetero) is 1. The summed E-state index contributed by atoms with van der Waals surface area (Å²) in [5.41, 5.74) is 1.84. The van der Waals surface area contributed by atoms with Crippen LogP contribution in [-0.2, 0) is 17.6 Å². The van der Waals surface area contributed by atoms with Gasteiger partial charge < -0.3 is 5.32 Å². The van der Waals surface area contributed by atoms with Crippen LogP contribution in [0.2, 0.25) is 0 Å². The lowest BCUT2D eigenvalue weighted by Gasteiger charge is -2.03. The van der Waals surface area contributed by atoms with E-state index in [2.05, 4.69) is 22.4 Å². The van der Waals surface area contributed by atoms with Gasteiger partial charge in [0.25, 0.3) is 0 Å². The molecule has 0 fully saturated rings. The number of rotatable bonds is 7. The van der Waals surface area contributed by atoms with Gasteiger partial charge >= 0.3 is 0 Å². The summed E-state index contributed by atoms with van der Waals surface area (Å²) in [6.07, 6.45) is 2.07. The van der Waals surface area contributed by atoms with Crippen molar-refractivity contribution in [2.24, 2.45) is 0 Å². The van der Waals surface area contributed by atoms with Crippen molar-refractivity contribution < 1.29 is 9.59 Å². The highest BCUT2D eigenvalue weighted by atomic mass is 32.1. The first-order chi connectivity index (χ1) is 10.6. The second kappa shape index (κ2) is 7.79. The Morgan fingerprint density at radius 2 is 1.77 bits per heavy atom. The molecule has 0 radical (unpaired) electrons. The topological polar surface area (TPSA) is 72.0 Å². The van der Waals surface area contributed by atoms with Crippen molar-refractivity contribution in [2.45, 2.75) is 39.5 Å². The van der Waals surface area contributed by atoms with Crippen LogP contribution >= 0.6 is 11.3 Å². The van der Waals surface area contributed by atoms with Gasteiger partial charge in [-0.15, -0.1) is 10.2 Å². The second-order valence-electron chi connectivity index (χ2n) is 4.88. The smallest absolute Gasteiger partial charge is 0.226 e. The number of nitrogens with zero attached hydrogens (tertiary/aromatic N) is 2. The maximum absolute atomic E-state index is 12.0. The first kappa shape index (κ1) is 16.3. The summed E-state index contributed by atoms with van der Waals surface area (Å²) >= 11 is 1.36. The molecule has 0 aliphatic carbocycles. The molecule has 2 aromatic rings. The van der Waals surface area contributed by atoms with Crippen LogP contribution in [0.3, 0.4) is 0 Å². The van der Waals surface area contributed by atoms with Gasteiger partial charge in [-0.2, -0.15) is 0 Å². The maximum Gasteiger partial charge on any atom is 0.226 e. The van der Waals surface area contributed by atoms with E-state index in [1.807, 2.05) is 31.2 Å². The standard InChI is InChI=1S/C16H19N3O2S/c1-3-11-5-7-12(8-6-11)13(20)9-10-14(21)17-16-19-18-15(4-2)22-16/h5-8H,3-4,9-10H2,1-2H3,(H,17,19,21). The molecule has 0 bridgehead atoms. The lowest BCUT2D eigenvalue weighted by molar-refractivity contribution is -0.116. The molecule has 0 saturated heterocycles. The van der Waals surface area contributed by atoms with Gasteiger partial charge in [0.2, 0.25) is 11.0 Å². The van der Waals surface area contributed by atoms with Gasteiger partial charge in [0.05, 0.1) is 0 Å². The number of hydrogen-bond donors (Lipinski definition) is 1. The molecule has 0 saturated carbocycles. The van der Waals surface area contributed by atoms with E-state index in [0.29, 0.717) is 10.7 Å². The fourth-order valence-electron chi connectivity index (χ4n) is 1.93. The molecule has 0 spiro atoms. The Hall–Kier alpha value is -2.08. The number of aryl methyl sites for hydroxylation is 2. The molecule has 116 valence electrons. The maximum atomic E-state index is 12.0. The van der Waals surface area contributed by atoms with Gasteiger partial charge in [-0.1, -0.05) is 49.4 Å². The molecule has 22 heavy (non-hydrogen) atoms. The molecule has 0 unspecified atom stereocenters. The predicted octanol–water partition coefficient (Wildman–Crippen LogP) is 3.26. The number of anilines is 1. The van der Waals surface area contributed by atoms with Crippen molar-refractivity contribution in [1.82, 2.24) is 10.2 Å². The second-order valence-corrected chi connectivity index (χ2v) is 5.94. The number of benzene rings is 1. The van der Waals surface area contributed by atoms with Crippen molar-refractivity contribution in [3.63, 3.8) is 0 Å². The largest absolute Gasteiger partial charge is 0.301 e. The summed E-state index contributed by atoms with van der Waals surface area (Å²) in [7, 11) is 0. The molecule has 1 aromatic heterocycles.